The van der Waals surface area contributed by atoms with Crippen LogP contribution >= 0.6 is 0 Å². The molecule has 1 aliphatic heterocycles. The minimum Gasteiger partial charge on any atom is -0.465 e. The van der Waals surface area contributed by atoms with E-state index >= 15 is 0 Å². The van der Waals surface area contributed by atoms with Gasteiger partial charge in [0.05, 0.1) is 17.6 Å². The van der Waals surface area contributed by atoms with E-state index in [9.17, 15) is 13.2 Å². The second kappa shape index (κ2) is 5.28. The molecule has 0 saturated carbocycles. The lowest BCUT2D eigenvalue weighted by Gasteiger charge is -2.28. The third-order valence-corrected chi connectivity index (χ3v) is 4.66. The first-order valence-corrected chi connectivity index (χ1v) is 7.34. The summed E-state index contributed by atoms with van der Waals surface area (Å²) in [6, 6.07) is 4.40. The summed E-state index contributed by atoms with van der Waals surface area (Å²) in [5, 5.41) is 2.99. The van der Waals surface area contributed by atoms with Crippen LogP contribution in [0.3, 0.4) is 0 Å². The summed E-state index contributed by atoms with van der Waals surface area (Å²) >= 11 is 0. The Kier molecular flexibility index (Phi) is 3.88. The highest BCUT2D eigenvalue weighted by Gasteiger charge is 2.26. The number of rotatable bonds is 4. The first kappa shape index (κ1) is 14.0. The van der Waals surface area contributed by atoms with E-state index in [2.05, 4.69) is 14.8 Å². The number of carbonyl (C=O) groups is 1. The number of hydrogen-bond acceptors (Lipinski definition) is 5. The Morgan fingerprint density at radius 2 is 2.11 bits per heavy atom. The molecule has 1 aromatic carbocycles. The molecule has 0 unspecified atom stereocenters. The maximum atomic E-state index is 12.2. The molecule has 0 spiro atoms. The zero-order valence-corrected chi connectivity index (χ0v) is 11.6. The third kappa shape index (κ3) is 2.94. The summed E-state index contributed by atoms with van der Waals surface area (Å²) in [5.41, 5.74) is 0.813. The summed E-state index contributed by atoms with van der Waals surface area (Å²) in [6.07, 6.45) is 0. The Hall–Kier alpha value is -1.44. The maximum absolute atomic E-state index is 12.2. The number of esters is 1. The molecule has 0 aliphatic carbocycles. The van der Waals surface area contributed by atoms with E-state index in [1.165, 1.54) is 13.2 Å². The molecule has 6 nitrogen and oxygen atoms in total. The fourth-order valence-corrected chi connectivity index (χ4v) is 3.30. The van der Waals surface area contributed by atoms with Crippen molar-refractivity contribution in [3.63, 3.8) is 0 Å². The number of ether oxygens (including phenoxy) is 1. The molecule has 104 valence electrons. The van der Waals surface area contributed by atoms with E-state index in [1.807, 2.05) is 0 Å². The van der Waals surface area contributed by atoms with Crippen LogP contribution < -0.4 is 10.0 Å². The van der Waals surface area contributed by atoms with Gasteiger partial charge in [0.25, 0.3) is 0 Å². The molecule has 0 atom stereocenters. The Morgan fingerprint density at radius 1 is 1.42 bits per heavy atom. The van der Waals surface area contributed by atoms with Gasteiger partial charge in [-0.3, -0.25) is 0 Å². The van der Waals surface area contributed by atoms with Crippen LogP contribution in [0, 0.1) is 6.92 Å². The molecule has 1 aromatic rings. The molecule has 0 aromatic heterocycles. The fraction of sp³-hybridized carbons (Fsp3) is 0.417. The second-order valence-electron chi connectivity index (χ2n) is 4.45. The Bertz CT molecular complexity index is 594. The van der Waals surface area contributed by atoms with Crippen LogP contribution in [0.15, 0.2) is 23.1 Å². The summed E-state index contributed by atoms with van der Waals surface area (Å²) < 4.78 is 31.6. The van der Waals surface area contributed by atoms with Crippen molar-refractivity contribution >= 4 is 16.0 Å². The molecule has 1 aliphatic rings. The topological polar surface area (TPSA) is 84.5 Å². The number of methoxy groups -OCH3 is 1. The molecule has 0 amide bonds. The van der Waals surface area contributed by atoms with Crippen LogP contribution in [0.1, 0.15) is 15.9 Å². The number of aryl methyl sites for hydroxylation is 1. The number of sulfonamides is 1. The van der Waals surface area contributed by atoms with Crippen LogP contribution in [0.2, 0.25) is 0 Å². The van der Waals surface area contributed by atoms with Crippen LogP contribution in [-0.2, 0) is 14.8 Å². The predicted molar refractivity (Wildman–Crippen MR) is 69.5 cm³/mol. The van der Waals surface area contributed by atoms with Crippen molar-refractivity contribution in [3.8, 4) is 0 Å². The molecule has 2 rings (SSSR count). The van der Waals surface area contributed by atoms with Gasteiger partial charge in [0.1, 0.15) is 0 Å². The first-order chi connectivity index (χ1) is 8.94. The first-order valence-electron chi connectivity index (χ1n) is 5.86. The fourth-order valence-electron chi connectivity index (χ4n) is 1.79. The van der Waals surface area contributed by atoms with Gasteiger partial charge in [0, 0.05) is 19.1 Å². The van der Waals surface area contributed by atoms with E-state index in [-0.39, 0.29) is 16.5 Å². The van der Waals surface area contributed by atoms with Gasteiger partial charge in [0.15, 0.2) is 0 Å². The second-order valence-corrected chi connectivity index (χ2v) is 6.13. The lowest BCUT2D eigenvalue weighted by atomic mass is 10.1. The third-order valence-electron chi connectivity index (χ3n) is 3.00. The van der Waals surface area contributed by atoms with Crippen molar-refractivity contribution in [2.45, 2.75) is 17.9 Å². The van der Waals surface area contributed by atoms with Crippen LogP contribution in [0.25, 0.3) is 0 Å². The molecule has 2 N–H and O–H groups in total. The minimum atomic E-state index is -3.61. The van der Waals surface area contributed by atoms with E-state index in [1.54, 1.807) is 19.1 Å². The quantitative estimate of drug-likeness (QED) is 0.762. The van der Waals surface area contributed by atoms with Crippen molar-refractivity contribution in [1.29, 1.82) is 0 Å². The highest BCUT2D eigenvalue weighted by atomic mass is 32.2. The Morgan fingerprint density at radius 3 is 2.63 bits per heavy atom. The van der Waals surface area contributed by atoms with Crippen LogP contribution in [-0.4, -0.2) is 40.6 Å². The Labute approximate surface area is 112 Å². The van der Waals surface area contributed by atoms with Gasteiger partial charge in [-0.05, 0) is 24.6 Å². The molecule has 1 saturated heterocycles. The minimum absolute atomic E-state index is 0.0915. The number of benzene rings is 1. The average Bonchev–Trinajstić information content (AvgIpc) is 2.33. The van der Waals surface area contributed by atoms with E-state index < -0.39 is 16.0 Å². The SMILES string of the molecule is COC(=O)c1ccc(C)c(S(=O)(=O)NC2CNC2)c1. The molecule has 7 heteroatoms. The van der Waals surface area contributed by atoms with Crippen molar-refractivity contribution in [2.75, 3.05) is 20.2 Å². The number of carbonyl (C=O) groups excluding carboxylic acids is 1. The maximum Gasteiger partial charge on any atom is 0.337 e. The van der Waals surface area contributed by atoms with Crippen LogP contribution in [0.4, 0.5) is 0 Å². The lowest BCUT2D eigenvalue weighted by Crippen LogP contribution is -2.56. The molecular formula is C12H16N2O4S. The molecule has 1 heterocycles. The van der Waals surface area contributed by atoms with Gasteiger partial charge in [-0.15, -0.1) is 0 Å². The largest absolute Gasteiger partial charge is 0.465 e. The normalized spacial score (nSPS) is 15.9. The van der Waals surface area contributed by atoms with Crippen molar-refractivity contribution in [3.05, 3.63) is 29.3 Å². The zero-order valence-electron chi connectivity index (χ0n) is 10.8. The number of hydrogen-bond donors (Lipinski definition) is 2. The molecule has 1 fully saturated rings. The summed E-state index contributed by atoms with van der Waals surface area (Å²) in [7, 11) is -2.35. The lowest BCUT2D eigenvalue weighted by molar-refractivity contribution is 0.0600. The molecule has 19 heavy (non-hydrogen) atoms. The van der Waals surface area contributed by atoms with Gasteiger partial charge in [0.2, 0.25) is 10.0 Å². The highest BCUT2D eigenvalue weighted by molar-refractivity contribution is 7.89. The Balaban J connectivity index is 2.34. The van der Waals surface area contributed by atoms with E-state index in [0.29, 0.717) is 18.7 Å². The van der Waals surface area contributed by atoms with Gasteiger partial charge in [-0.2, -0.15) is 0 Å². The van der Waals surface area contributed by atoms with E-state index in [0.717, 1.165) is 0 Å². The highest BCUT2D eigenvalue weighted by Crippen LogP contribution is 2.18. The van der Waals surface area contributed by atoms with Gasteiger partial charge < -0.3 is 10.1 Å². The molecule has 0 radical (unpaired) electrons. The average molecular weight is 284 g/mol. The predicted octanol–water partition coefficient (Wildman–Crippen LogP) is 0.0317. The standard InChI is InChI=1S/C12H16N2O4S/c1-8-3-4-9(12(15)18-2)5-11(8)19(16,17)14-10-6-13-7-10/h3-5,10,13-14H,6-7H2,1-2H3. The number of nitrogens with one attached hydrogen (secondary N) is 2. The van der Waals surface area contributed by atoms with Gasteiger partial charge >= 0.3 is 5.97 Å². The van der Waals surface area contributed by atoms with Crippen LogP contribution in [0.5, 0.6) is 0 Å². The van der Waals surface area contributed by atoms with Crippen molar-refractivity contribution in [2.24, 2.45) is 0 Å². The molecular weight excluding hydrogens is 268 g/mol. The summed E-state index contributed by atoms with van der Waals surface area (Å²) in [4.78, 5) is 11.6. The van der Waals surface area contributed by atoms with E-state index in [4.69, 9.17) is 0 Å². The summed E-state index contributed by atoms with van der Waals surface area (Å²) in [5.74, 6) is -0.554. The monoisotopic (exact) mass is 284 g/mol. The van der Waals surface area contributed by atoms with Gasteiger partial charge in [-0.1, -0.05) is 6.07 Å². The van der Waals surface area contributed by atoms with Crippen molar-refractivity contribution < 1.29 is 17.9 Å². The summed E-state index contributed by atoms with van der Waals surface area (Å²) in [6.45, 7) is 2.93. The van der Waals surface area contributed by atoms with Gasteiger partial charge in [-0.25, -0.2) is 17.9 Å². The van der Waals surface area contributed by atoms with Crippen molar-refractivity contribution in [1.82, 2.24) is 10.0 Å². The smallest absolute Gasteiger partial charge is 0.337 e. The zero-order chi connectivity index (χ0) is 14.0. The molecule has 0 bridgehead atoms.